The predicted molar refractivity (Wildman–Crippen MR) is 75.6 cm³/mol. The van der Waals surface area contributed by atoms with E-state index < -0.39 is 16.1 Å². The van der Waals surface area contributed by atoms with Crippen molar-refractivity contribution >= 4 is 10.1 Å². The molecule has 112 valence electrons. The van der Waals surface area contributed by atoms with Crippen molar-refractivity contribution in [2.45, 2.75) is 6.61 Å². The molecule has 1 heterocycles. The number of ether oxygens (including phenoxy) is 2. The van der Waals surface area contributed by atoms with Gasteiger partial charge in [-0.2, -0.15) is 0 Å². The van der Waals surface area contributed by atoms with Crippen molar-refractivity contribution in [2.75, 3.05) is 13.0 Å². The summed E-state index contributed by atoms with van der Waals surface area (Å²) in [6, 6.07) is 11.0. The van der Waals surface area contributed by atoms with Crippen LogP contribution >= 0.6 is 0 Å². The minimum atomic E-state index is -4.34. The van der Waals surface area contributed by atoms with Crippen LogP contribution in [0.25, 0.3) is 11.1 Å². The number of pyridine rings is 1. The Morgan fingerprint density at radius 3 is 2.29 bits per heavy atom. The molecule has 2 aromatic rings. The van der Waals surface area contributed by atoms with Crippen LogP contribution in [0.2, 0.25) is 0 Å². The van der Waals surface area contributed by atoms with Crippen LogP contribution in [0, 0.1) is 0 Å². The number of nitrogens with zero attached hydrogens (tertiary/aromatic N) is 1. The molecule has 0 aliphatic rings. The Hall–Kier alpha value is -1.96. The molecule has 0 radical (unpaired) electrons. The van der Waals surface area contributed by atoms with Crippen molar-refractivity contribution in [3.63, 3.8) is 0 Å². The molecular formula is C14H14NO5S-. The van der Waals surface area contributed by atoms with Gasteiger partial charge in [-0.3, -0.25) is 0 Å². The van der Waals surface area contributed by atoms with Crippen molar-refractivity contribution in [2.24, 2.45) is 0 Å². The highest BCUT2D eigenvalue weighted by Crippen LogP contribution is 2.21. The Bertz CT molecular complexity index is 680. The first kappa shape index (κ1) is 15.4. The SMILES string of the molecule is COc1ccc(-c2ccc(COCS(=O)(=O)[O-])cc2)cn1. The Kier molecular flexibility index (Phi) is 4.89. The van der Waals surface area contributed by atoms with Crippen LogP contribution in [0.1, 0.15) is 5.56 Å². The van der Waals surface area contributed by atoms with Crippen molar-refractivity contribution in [3.05, 3.63) is 48.2 Å². The summed E-state index contributed by atoms with van der Waals surface area (Å²) in [7, 11) is -2.79. The van der Waals surface area contributed by atoms with Gasteiger partial charge in [0.2, 0.25) is 5.88 Å². The lowest BCUT2D eigenvalue weighted by molar-refractivity contribution is 0.156. The first-order chi connectivity index (χ1) is 9.98. The van der Waals surface area contributed by atoms with E-state index >= 15 is 0 Å². The van der Waals surface area contributed by atoms with Crippen molar-refractivity contribution < 1.29 is 22.4 Å². The largest absolute Gasteiger partial charge is 0.746 e. The van der Waals surface area contributed by atoms with Gasteiger partial charge in [0.05, 0.1) is 13.7 Å². The molecule has 0 aliphatic carbocycles. The number of aromatic nitrogens is 1. The Morgan fingerprint density at radius 1 is 1.10 bits per heavy atom. The van der Waals surface area contributed by atoms with Gasteiger partial charge in [-0.25, -0.2) is 13.4 Å². The molecule has 0 spiro atoms. The fourth-order valence-corrected chi connectivity index (χ4v) is 2.01. The zero-order chi connectivity index (χ0) is 15.3. The van der Waals surface area contributed by atoms with E-state index in [4.69, 9.17) is 9.47 Å². The third-order valence-corrected chi connectivity index (χ3v) is 3.18. The van der Waals surface area contributed by atoms with E-state index in [9.17, 15) is 13.0 Å². The summed E-state index contributed by atoms with van der Waals surface area (Å²) in [6.45, 7) is 0.0720. The summed E-state index contributed by atoms with van der Waals surface area (Å²) >= 11 is 0. The van der Waals surface area contributed by atoms with Crippen LogP contribution < -0.4 is 4.74 Å². The van der Waals surface area contributed by atoms with E-state index in [1.807, 2.05) is 18.2 Å². The molecule has 0 atom stereocenters. The Morgan fingerprint density at radius 2 is 1.76 bits per heavy atom. The fraction of sp³-hybridized carbons (Fsp3) is 0.214. The maximum atomic E-state index is 10.4. The summed E-state index contributed by atoms with van der Waals surface area (Å²) in [6.07, 6.45) is 1.70. The molecular weight excluding hydrogens is 294 g/mol. The van der Waals surface area contributed by atoms with Crippen molar-refractivity contribution in [3.8, 4) is 17.0 Å². The quantitative estimate of drug-likeness (QED) is 0.756. The van der Waals surface area contributed by atoms with E-state index in [0.29, 0.717) is 5.88 Å². The van der Waals surface area contributed by atoms with Crippen LogP contribution in [0.4, 0.5) is 0 Å². The summed E-state index contributed by atoms with van der Waals surface area (Å²) in [4.78, 5) is 4.12. The number of hydrogen-bond donors (Lipinski definition) is 0. The highest BCUT2D eigenvalue weighted by atomic mass is 32.2. The number of benzene rings is 1. The molecule has 1 aromatic carbocycles. The average Bonchev–Trinajstić information content (AvgIpc) is 2.47. The molecule has 0 unspecified atom stereocenters. The fourth-order valence-electron chi connectivity index (χ4n) is 1.73. The average molecular weight is 308 g/mol. The highest BCUT2D eigenvalue weighted by Gasteiger charge is 2.01. The first-order valence-electron chi connectivity index (χ1n) is 6.08. The molecule has 0 saturated heterocycles. The molecule has 0 bridgehead atoms. The lowest BCUT2D eigenvalue weighted by Gasteiger charge is -2.08. The molecule has 0 saturated carbocycles. The minimum absolute atomic E-state index is 0.0720. The minimum Gasteiger partial charge on any atom is -0.746 e. The summed E-state index contributed by atoms with van der Waals surface area (Å²) in [5.41, 5.74) is 2.68. The van der Waals surface area contributed by atoms with Gasteiger partial charge in [0, 0.05) is 17.8 Å². The topological polar surface area (TPSA) is 88.5 Å². The Labute approximate surface area is 123 Å². The van der Waals surface area contributed by atoms with Gasteiger partial charge in [-0.15, -0.1) is 0 Å². The highest BCUT2D eigenvalue weighted by molar-refractivity contribution is 7.85. The number of methoxy groups -OCH3 is 1. The van der Waals surface area contributed by atoms with Gasteiger partial charge in [0.1, 0.15) is 16.1 Å². The van der Waals surface area contributed by atoms with Crippen LogP contribution in [-0.2, 0) is 21.5 Å². The van der Waals surface area contributed by atoms with Crippen molar-refractivity contribution in [1.82, 2.24) is 4.98 Å². The Balaban J connectivity index is 2.01. The molecule has 7 heteroatoms. The second kappa shape index (κ2) is 6.66. The monoisotopic (exact) mass is 308 g/mol. The van der Waals surface area contributed by atoms with Gasteiger partial charge in [-0.05, 0) is 17.2 Å². The zero-order valence-corrected chi connectivity index (χ0v) is 12.2. The van der Waals surface area contributed by atoms with E-state index in [1.54, 1.807) is 31.5 Å². The first-order valence-corrected chi connectivity index (χ1v) is 7.66. The second-order valence-corrected chi connectivity index (χ2v) is 5.66. The summed E-state index contributed by atoms with van der Waals surface area (Å²) in [5.74, 6) is -0.278. The van der Waals surface area contributed by atoms with E-state index in [1.165, 1.54) is 0 Å². The number of hydrogen-bond acceptors (Lipinski definition) is 6. The third kappa shape index (κ3) is 4.82. The molecule has 2 rings (SSSR count). The number of rotatable bonds is 6. The molecule has 0 aliphatic heterocycles. The van der Waals surface area contributed by atoms with Gasteiger partial charge >= 0.3 is 0 Å². The van der Waals surface area contributed by atoms with Gasteiger partial charge < -0.3 is 14.0 Å². The van der Waals surface area contributed by atoms with Crippen LogP contribution in [0.5, 0.6) is 5.88 Å². The maximum Gasteiger partial charge on any atom is 0.212 e. The van der Waals surface area contributed by atoms with E-state index in [2.05, 4.69) is 4.98 Å². The molecule has 1 aromatic heterocycles. The van der Waals surface area contributed by atoms with Gasteiger partial charge in [-0.1, -0.05) is 24.3 Å². The van der Waals surface area contributed by atoms with Crippen LogP contribution in [0.15, 0.2) is 42.6 Å². The predicted octanol–water partition coefficient (Wildman–Crippen LogP) is 1.78. The normalized spacial score (nSPS) is 11.3. The lowest BCUT2D eigenvalue weighted by atomic mass is 10.1. The zero-order valence-electron chi connectivity index (χ0n) is 11.4. The second-order valence-electron chi connectivity index (χ2n) is 4.31. The van der Waals surface area contributed by atoms with Crippen molar-refractivity contribution in [1.29, 1.82) is 0 Å². The molecule has 0 amide bonds. The van der Waals surface area contributed by atoms with E-state index in [-0.39, 0.29) is 6.61 Å². The summed E-state index contributed by atoms with van der Waals surface area (Å²) in [5, 5.41) is 0. The summed E-state index contributed by atoms with van der Waals surface area (Å²) < 4.78 is 41.1. The maximum absolute atomic E-state index is 10.4. The third-order valence-electron chi connectivity index (χ3n) is 2.73. The smallest absolute Gasteiger partial charge is 0.212 e. The molecule has 0 N–H and O–H groups in total. The molecule has 21 heavy (non-hydrogen) atoms. The van der Waals surface area contributed by atoms with Crippen LogP contribution in [-0.4, -0.2) is 31.0 Å². The van der Waals surface area contributed by atoms with Gasteiger partial charge in [0.25, 0.3) is 0 Å². The lowest BCUT2D eigenvalue weighted by Crippen LogP contribution is -2.07. The van der Waals surface area contributed by atoms with Crippen LogP contribution in [0.3, 0.4) is 0 Å². The molecule has 6 nitrogen and oxygen atoms in total. The standard InChI is InChI=1S/C14H15NO5S/c1-19-14-7-6-13(8-15-14)12-4-2-11(3-5-12)9-20-10-21(16,17)18/h2-8H,9-10H2,1H3,(H,16,17,18)/p-1. The van der Waals surface area contributed by atoms with E-state index in [0.717, 1.165) is 16.7 Å². The molecule has 0 fully saturated rings. The van der Waals surface area contributed by atoms with Gasteiger partial charge in [0.15, 0.2) is 0 Å².